The Labute approximate surface area is 87.3 Å². The highest BCUT2D eigenvalue weighted by atomic mass is 16.4. The lowest BCUT2D eigenvalue weighted by Crippen LogP contribution is -1.94. The van der Waals surface area contributed by atoms with E-state index in [1.165, 1.54) is 0 Å². The summed E-state index contributed by atoms with van der Waals surface area (Å²) in [5, 5.41) is 9.77. The van der Waals surface area contributed by atoms with E-state index in [2.05, 4.69) is 6.92 Å². The molecule has 1 aromatic heterocycles. The van der Waals surface area contributed by atoms with Crippen molar-refractivity contribution in [1.82, 2.24) is 0 Å². The molecule has 1 N–H and O–H groups in total. The molecule has 0 amide bonds. The summed E-state index contributed by atoms with van der Waals surface area (Å²) in [4.78, 5) is 10.7. The number of carbonyl (C=O) groups is 1. The average molecular weight is 204 g/mol. The molecule has 0 spiro atoms. The topological polar surface area (TPSA) is 50.4 Å². The SMILES string of the molecule is CCCc1cc2ccc(C(=O)O)cc2o1. The van der Waals surface area contributed by atoms with Crippen molar-refractivity contribution in [2.24, 2.45) is 0 Å². The number of hydrogen-bond donors (Lipinski definition) is 1. The van der Waals surface area contributed by atoms with Crippen LogP contribution in [0.5, 0.6) is 0 Å². The first-order chi connectivity index (χ1) is 7.20. The predicted molar refractivity (Wildman–Crippen MR) is 57.2 cm³/mol. The van der Waals surface area contributed by atoms with Crippen LogP contribution in [-0.4, -0.2) is 11.1 Å². The van der Waals surface area contributed by atoms with E-state index in [1.54, 1.807) is 18.2 Å². The largest absolute Gasteiger partial charge is 0.478 e. The van der Waals surface area contributed by atoms with Gasteiger partial charge in [-0.2, -0.15) is 0 Å². The van der Waals surface area contributed by atoms with Crippen molar-refractivity contribution in [1.29, 1.82) is 0 Å². The molecule has 0 bridgehead atoms. The molecule has 0 fully saturated rings. The Morgan fingerprint density at radius 3 is 2.87 bits per heavy atom. The zero-order chi connectivity index (χ0) is 10.8. The maximum absolute atomic E-state index is 10.7. The Morgan fingerprint density at radius 1 is 1.40 bits per heavy atom. The van der Waals surface area contributed by atoms with Gasteiger partial charge in [0, 0.05) is 11.8 Å². The van der Waals surface area contributed by atoms with Crippen LogP contribution < -0.4 is 0 Å². The maximum Gasteiger partial charge on any atom is 0.335 e. The Kier molecular flexibility index (Phi) is 2.46. The van der Waals surface area contributed by atoms with Crippen LogP contribution in [0.25, 0.3) is 11.0 Å². The van der Waals surface area contributed by atoms with E-state index in [-0.39, 0.29) is 5.56 Å². The van der Waals surface area contributed by atoms with E-state index in [9.17, 15) is 4.79 Å². The van der Waals surface area contributed by atoms with Crippen LogP contribution >= 0.6 is 0 Å². The standard InChI is InChI=1S/C12H12O3/c1-2-3-10-6-8-4-5-9(12(13)14)7-11(8)15-10/h4-7H,2-3H2,1H3,(H,13,14). The van der Waals surface area contributed by atoms with Crippen molar-refractivity contribution in [2.45, 2.75) is 19.8 Å². The summed E-state index contributed by atoms with van der Waals surface area (Å²) in [5.41, 5.74) is 0.915. The molecule has 3 heteroatoms. The first kappa shape index (κ1) is 9.77. The summed E-state index contributed by atoms with van der Waals surface area (Å²) in [6, 6.07) is 6.90. The predicted octanol–water partition coefficient (Wildman–Crippen LogP) is 3.08. The monoisotopic (exact) mass is 204 g/mol. The van der Waals surface area contributed by atoms with Crippen molar-refractivity contribution in [3.05, 3.63) is 35.6 Å². The lowest BCUT2D eigenvalue weighted by molar-refractivity contribution is 0.0697. The highest BCUT2D eigenvalue weighted by molar-refractivity contribution is 5.92. The number of carboxylic acid groups (broad SMARTS) is 1. The highest BCUT2D eigenvalue weighted by Gasteiger charge is 2.07. The van der Waals surface area contributed by atoms with E-state index in [1.807, 2.05) is 6.07 Å². The van der Waals surface area contributed by atoms with Gasteiger partial charge >= 0.3 is 5.97 Å². The molecule has 0 radical (unpaired) electrons. The molecule has 0 saturated heterocycles. The van der Waals surface area contributed by atoms with E-state index in [0.717, 1.165) is 24.0 Å². The zero-order valence-electron chi connectivity index (χ0n) is 8.49. The van der Waals surface area contributed by atoms with Crippen molar-refractivity contribution in [2.75, 3.05) is 0 Å². The Balaban J connectivity index is 2.47. The van der Waals surface area contributed by atoms with Gasteiger partial charge in [0.25, 0.3) is 0 Å². The van der Waals surface area contributed by atoms with Crippen LogP contribution in [0.4, 0.5) is 0 Å². The second kappa shape index (κ2) is 3.77. The molecule has 0 atom stereocenters. The van der Waals surface area contributed by atoms with Crippen molar-refractivity contribution in [3.8, 4) is 0 Å². The molecule has 0 aliphatic rings. The van der Waals surface area contributed by atoms with Gasteiger partial charge in [0.05, 0.1) is 5.56 Å². The van der Waals surface area contributed by atoms with Gasteiger partial charge < -0.3 is 9.52 Å². The second-order valence-corrected chi connectivity index (χ2v) is 3.52. The van der Waals surface area contributed by atoms with Crippen molar-refractivity contribution in [3.63, 3.8) is 0 Å². The Morgan fingerprint density at radius 2 is 2.20 bits per heavy atom. The number of benzene rings is 1. The molecular weight excluding hydrogens is 192 g/mol. The van der Waals surface area contributed by atoms with E-state index < -0.39 is 5.97 Å². The normalized spacial score (nSPS) is 10.7. The van der Waals surface area contributed by atoms with Crippen LogP contribution in [0.2, 0.25) is 0 Å². The average Bonchev–Trinajstić information content (AvgIpc) is 2.59. The number of fused-ring (bicyclic) bond motifs is 1. The number of carboxylic acids is 1. The minimum Gasteiger partial charge on any atom is -0.478 e. The Bertz CT molecular complexity index is 497. The van der Waals surface area contributed by atoms with E-state index >= 15 is 0 Å². The fraction of sp³-hybridized carbons (Fsp3) is 0.250. The van der Waals surface area contributed by atoms with Crippen molar-refractivity contribution >= 4 is 16.9 Å². The van der Waals surface area contributed by atoms with Gasteiger partial charge in [-0.3, -0.25) is 0 Å². The fourth-order valence-electron chi connectivity index (χ4n) is 1.59. The van der Waals surface area contributed by atoms with Gasteiger partial charge in [0.2, 0.25) is 0 Å². The number of furan rings is 1. The minimum absolute atomic E-state index is 0.264. The van der Waals surface area contributed by atoms with Crippen LogP contribution in [0.1, 0.15) is 29.5 Å². The number of aromatic carboxylic acids is 1. The third-order valence-corrected chi connectivity index (χ3v) is 2.31. The number of hydrogen-bond acceptors (Lipinski definition) is 2. The summed E-state index contributed by atoms with van der Waals surface area (Å²) < 4.78 is 5.54. The lowest BCUT2D eigenvalue weighted by Gasteiger charge is -1.92. The summed E-state index contributed by atoms with van der Waals surface area (Å²) in [7, 11) is 0. The zero-order valence-corrected chi connectivity index (χ0v) is 8.49. The number of aryl methyl sites for hydroxylation is 1. The molecular formula is C12H12O3. The van der Waals surface area contributed by atoms with E-state index in [0.29, 0.717) is 5.58 Å². The molecule has 2 aromatic rings. The summed E-state index contributed by atoms with van der Waals surface area (Å²) in [6.07, 6.45) is 1.91. The molecule has 3 nitrogen and oxygen atoms in total. The first-order valence-corrected chi connectivity index (χ1v) is 4.96. The maximum atomic E-state index is 10.7. The van der Waals surface area contributed by atoms with Crippen LogP contribution in [0.3, 0.4) is 0 Å². The van der Waals surface area contributed by atoms with Crippen LogP contribution in [0.15, 0.2) is 28.7 Å². The molecule has 1 heterocycles. The van der Waals surface area contributed by atoms with Gasteiger partial charge in [0.15, 0.2) is 0 Å². The molecule has 0 unspecified atom stereocenters. The molecule has 0 aliphatic carbocycles. The highest BCUT2D eigenvalue weighted by Crippen LogP contribution is 2.21. The van der Waals surface area contributed by atoms with Gasteiger partial charge in [-0.05, 0) is 24.6 Å². The summed E-state index contributed by atoms with van der Waals surface area (Å²) >= 11 is 0. The molecule has 15 heavy (non-hydrogen) atoms. The molecule has 78 valence electrons. The third-order valence-electron chi connectivity index (χ3n) is 2.31. The first-order valence-electron chi connectivity index (χ1n) is 4.96. The van der Waals surface area contributed by atoms with Crippen molar-refractivity contribution < 1.29 is 14.3 Å². The molecule has 1 aromatic carbocycles. The molecule has 0 saturated carbocycles. The minimum atomic E-state index is -0.926. The van der Waals surface area contributed by atoms with Gasteiger partial charge in [-0.25, -0.2) is 4.79 Å². The van der Waals surface area contributed by atoms with Gasteiger partial charge in [0.1, 0.15) is 11.3 Å². The smallest absolute Gasteiger partial charge is 0.335 e. The molecule has 2 rings (SSSR count). The van der Waals surface area contributed by atoms with Gasteiger partial charge in [-0.15, -0.1) is 0 Å². The van der Waals surface area contributed by atoms with Crippen LogP contribution in [0, 0.1) is 0 Å². The van der Waals surface area contributed by atoms with Gasteiger partial charge in [-0.1, -0.05) is 13.0 Å². The lowest BCUT2D eigenvalue weighted by atomic mass is 10.1. The second-order valence-electron chi connectivity index (χ2n) is 3.52. The quantitative estimate of drug-likeness (QED) is 0.835. The summed E-state index contributed by atoms with van der Waals surface area (Å²) in [5.74, 6) is -0.0135. The third kappa shape index (κ3) is 1.86. The number of rotatable bonds is 3. The summed E-state index contributed by atoms with van der Waals surface area (Å²) in [6.45, 7) is 2.08. The fourth-order valence-corrected chi connectivity index (χ4v) is 1.59. The Hall–Kier alpha value is -1.77. The van der Waals surface area contributed by atoms with Crippen LogP contribution in [-0.2, 0) is 6.42 Å². The van der Waals surface area contributed by atoms with E-state index in [4.69, 9.17) is 9.52 Å². The molecule has 0 aliphatic heterocycles.